The molecule has 1 N–H and O–H groups in total. The highest BCUT2D eigenvalue weighted by Crippen LogP contribution is 2.25. The van der Waals surface area contributed by atoms with Crippen molar-refractivity contribution in [2.75, 3.05) is 0 Å². The summed E-state index contributed by atoms with van der Waals surface area (Å²) in [4.78, 5) is 17.2. The van der Waals surface area contributed by atoms with Crippen LogP contribution in [-0.2, 0) is 11.3 Å². The van der Waals surface area contributed by atoms with E-state index in [1.54, 1.807) is 6.21 Å². The van der Waals surface area contributed by atoms with Crippen LogP contribution in [0.15, 0.2) is 84.0 Å². The molecular weight excluding hydrogens is 372 g/mol. The zero-order valence-electron chi connectivity index (χ0n) is 14.9. The lowest BCUT2D eigenvalue weighted by Crippen LogP contribution is -2.23. The first kappa shape index (κ1) is 17.9. The van der Waals surface area contributed by atoms with Gasteiger partial charge in [-0.2, -0.15) is 5.10 Å². The molecule has 6 heteroatoms. The Balaban J connectivity index is 1.60. The quantitative estimate of drug-likeness (QED) is 0.404. The second kappa shape index (κ2) is 8.06. The maximum absolute atomic E-state index is 12.5. The molecule has 0 unspecified atom stereocenters. The largest absolute Gasteiger partial charge is 0.314 e. The Kier molecular flexibility index (Phi) is 5.17. The number of para-hydroxylation sites is 2. The van der Waals surface area contributed by atoms with Gasteiger partial charge in [0.2, 0.25) is 0 Å². The number of hydrazone groups is 1. The van der Waals surface area contributed by atoms with Crippen LogP contribution in [-0.4, -0.2) is 21.7 Å². The number of imidazole rings is 1. The number of carbonyl (C=O) groups is 1. The third-order valence-electron chi connectivity index (χ3n) is 4.26. The van der Waals surface area contributed by atoms with Crippen LogP contribution >= 0.6 is 11.6 Å². The van der Waals surface area contributed by atoms with Gasteiger partial charge in [0.15, 0.2) is 0 Å². The smallest absolute Gasteiger partial charge is 0.260 e. The highest BCUT2D eigenvalue weighted by molar-refractivity contribution is 6.30. The number of nitrogens with zero attached hydrogens (tertiary/aromatic N) is 3. The summed E-state index contributed by atoms with van der Waals surface area (Å²) in [7, 11) is 0. The Labute approximate surface area is 167 Å². The van der Waals surface area contributed by atoms with Gasteiger partial charge in [-0.05, 0) is 42.0 Å². The molecule has 0 aliphatic rings. The minimum absolute atomic E-state index is 0.102. The molecule has 0 saturated carbocycles. The van der Waals surface area contributed by atoms with E-state index in [1.807, 2.05) is 83.4 Å². The average molecular weight is 389 g/mol. The molecule has 0 aliphatic heterocycles. The summed E-state index contributed by atoms with van der Waals surface area (Å²) < 4.78 is 1.88. The number of fused-ring (bicyclic) bond motifs is 1. The van der Waals surface area contributed by atoms with Crippen molar-refractivity contribution in [3.63, 3.8) is 0 Å². The van der Waals surface area contributed by atoms with Gasteiger partial charge in [0, 0.05) is 10.6 Å². The summed E-state index contributed by atoms with van der Waals surface area (Å²) in [5.41, 5.74) is 6.10. The molecule has 1 heterocycles. The molecule has 138 valence electrons. The molecule has 3 aromatic carbocycles. The van der Waals surface area contributed by atoms with E-state index in [-0.39, 0.29) is 12.5 Å². The van der Waals surface area contributed by atoms with E-state index < -0.39 is 0 Å². The van der Waals surface area contributed by atoms with Crippen molar-refractivity contribution in [3.8, 4) is 11.4 Å². The van der Waals surface area contributed by atoms with E-state index >= 15 is 0 Å². The summed E-state index contributed by atoms with van der Waals surface area (Å²) in [5.74, 6) is 0.477. The number of amides is 1. The minimum Gasteiger partial charge on any atom is -0.314 e. The highest BCUT2D eigenvalue weighted by atomic mass is 35.5. The Morgan fingerprint density at radius 1 is 1.00 bits per heavy atom. The Morgan fingerprint density at radius 3 is 2.50 bits per heavy atom. The van der Waals surface area contributed by atoms with E-state index in [0.717, 1.165) is 22.2 Å². The summed E-state index contributed by atoms with van der Waals surface area (Å²) in [6, 6.07) is 24.7. The van der Waals surface area contributed by atoms with Gasteiger partial charge in [-0.3, -0.25) is 4.79 Å². The first-order valence-corrected chi connectivity index (χ1v) is 9.17. The number of benzene rings is 3. The van der Waals surface area contributed by atoms with Crippen molar-refractivity contribution in [1.29, 1.82) is 0 Å². The van der Waals surface area contributed by atoms with Crippen LogP contribution in [0.4, 0.5) is 0 Å². The van der Waals surface area contributed by atoms with Crippen molar-refractivity contribution in [1.82, 2.24) is 15.0 Å². The van der Waals surface area contributed by atoms with Crippen molar-refractivity contribution in [3.05, 3.63) is 89.4 Å². The van der Waals surface area contributed by atoms with E-state index in [9.17, 15) is 4.79 Å². The normalized spacial score (nSPS) is 11.2. The van der Waals surface area contributed by atoms with Crippen molar-refractivity contribution in [2.45, 2.75) is 6.54 Å². The van der Waals surface area contributed by atoms with Gasteiger partial charge in [-0.1, -0.05) is 54.1 Å². The van der Waals surface area contributed by atoms with Gasteiger partial charge in [-0.15, -0.1) is 0 Å². The lowest BCUT2D eigenvalue weighted by atomic mass is 10.2. The first-order valence-electron chi connectivity index (χ1n) is 8.79. The molecule has 0 saturated heterocycles. The van der Waals surface area contributed by atoms with Gasteiger partial charge in [0.05, 0.1) is 17.2 Å². The SMILES string of the molecule is O=C(Cn1c(-c2ccc(Cl)cc2)nc2ccccc21)N/N=C\c1ccccc1. The summed E-state index contributed by atoms with van der Waals surface area (Å²) in [5, 5.41) is 4.69. The summed E-state index contributed by atoms with van der Waals surface area (Å²) in [6.07, 6.45) is 1.62. The molecule has 1 aromatic heterocycles. The van der Waals surface area contributed by atoms with Crippen molar-refractivity contribution < 1.29 is 4.79 Å². The lowest BCUT2D eigenvalue weighted by molar-refractivity contribution is -0.121. The molecule has 28 heavy (non-hydrogen) atoms. The molecular formula is C22H17ClN4O. The number of hydrogen-bond acceptors (Lipinski definition) is 3. The third kappa shape index (κ3) is 3.94. The monoisotopic (exact) mass is 388 g/mol. The van der Waals surface area contributed by atoms with E-state index in [0.29, 0.717) is 10.8 Å². The second-order valence-electron chi connectivity index (χ2n) is 6.22. The maximum atomic E-state index is 12.5. The lowest BCUT2D eigenvalue weighted by Gasteiger charge is -2.08. The average Bonchev–Trinajstić information content (AvgIpc) is 3.08. The number of hydrogen-bond donors (Lipinski definition) is 1. The zero-order valence-corrected chi connectivity index (χ0v) is 15.7. The fourth-order valence-corrected chi connectivity index (χ4v) is 3.08. The number of aromatic nitrogens is 2. The molecule has 0 radical (unpaired) electrons. The molecule has 4 rings (SSSR count). The van der Waals surface area contributed by atoms with Crippen LogP contribution in [0.1, 0.15) is 5.56 Å². The molecule has 0 fully saturated rings. The summed E-state index contributed by atoms with van der Waals surface area (Å²) in [6.45, 7) is 0.102. The third-order valence-corrected chi connectivity index (χ3v) is 4.51. The van der Waals surface area contributed by atoms with Crippen LogP contribution in [0, 0.1) is 0 Å². The van der Waals surface area contributed by atoms with E-state index in [2.05, 4.69) is 10.5 Å². The van der Waals surface area contributed by atoms with Gasteiger partial charge in [-0.25, -0.2) is 10.4 Å². The molecule has 0 bridgehead atoms. The van der Waals surface area contributed by atoms with Crippen molar-refractivity contribution in [2.24, 2.45) is 5.10 Å². The van der Waals surface area contributed by atoms with Gasteiger partial charge in [0.25, 0.3) is 5.91 Å². The zero-order chi connectivity index (χ0) is 19.3. The summed E-state index contributed by atoms with van der Waals surface area (Å²) >= 11 is 6.00. The van der Waals surface area contributed by atoms with Crippen LogP contribution in [0.3, 0.4) is 0 Å². The van der Waals surface area contributed by atoms with Crippen LogP contribution in [0.5, 0.6) is 0 Å². The van der Waals surface area contributed by atoms with E-state index in [4.69, 9.17) is 16.6 Å². The molecule has 0 atom stereocenters. The molecule has 0 aliphatic carbocycles. The van der Waals surface area contributed by atoms with Crippen LogP contribution < -0.4 is 5.43 Å². The fraction of sp³-hybridized carbons (Fsp3) is 0.0455. The predicted octanol–water partition coefficient (Wildman–Crippen LogP) is 4.51. The molecule has 0 spiro atoms. The predicted molar refractivity (Wildman–Crippen MR) is 112 cm³/mol. The fourth-order valence-electron chi connectivity index (χ4n) is 2.95. The molecule has 4 aromatic rings. The number of halogens is 1. The first-order chi connectivity index (χ1) is 13.7. The Bertz CT molecular complexity index is 1130. The van der Waals surface area contributed by atoms with Gasteiger partial charge in [0.1, 0.15) is 12.4 Å². The van der Waals surface area contributed by atoms with E-state index in [1.165, 1.54) is 0 Å². The standard InChI is InChI=1S/C22H17ClN4O/c23-18-12-10-17(11-13-18)22-25-19-8-4-5-9-20(19)27(22)15-21(28)26-24-14-16-6-2-1-3-7-16/h1-14H,15H2,(H,26,28)/b24-14-. The highest BCUT2D eigenvalue weighted by Gasteiger charge is 2.14. The molecule has 1 amide bonds. The number of rotatable bonds is 5. The van der Waals surface area contributed by atoms with Crippen LogP contribution in [0.2, 0.25) is 5.02 Å². The number of nitrogens with one attached hydrogen (secondary N) is 1. The minimum atomic E-state index is -0.231. The Hall–Kier alpha value is -3.44. The Morgan fingerprint density at radius 2 is 1.71 bits per heavy atom. The number of carbonyl (C=O) groups excluding carboxylic acids is 1. The van der Waals surface area contributed by atoms with Crippen LogP contribution in [0.25, 0.3) is 22.4 Å². The van der Waals surface area contributed by atoms with Gasteiger partial charge >= 0.3 is 0 Å². The van der Waals surface area contributed by atoms with Gasteiger partial charge < -0.3 is 4.57 Å². The second-order valence-corrected chi connectivity index (χ2v) is 6.66. The topological polar surface area (TPSA) is 59.3 Å². The van der Waals surface area contributed by atoms with Crippen molar-refractivity contribution >= 4 is 34.8 Å². The molecule has 5 nitrogen and oxygen atoms in total. The maximum Gasteiger partial charge on any atom is 0.260 e.